The second-order valence-electron chi connectivity index (χ2n) is 6.02. The van der Waals surface area contributed by atoms with Crippen LogP contribution in [0, 0.1) is 5.82 Å². The zero-order valence-electron chi connectivity index (χ0n) is 14.7. The first-order valence-corrected chi connectivity index (χ1v) is 8.54. The number of alkyl halides is 2. The Balaban J connectivity index is 1.51. The molecule has 3 aromatic rings. The van der Waals surface area contributed by atoms with E-state index in [2.05, 4.69) is 10.3 Å². The number of nitrogens with one attached hydrogen (secondary N) is 1. The number of aromatic nitrogens is 1. The van der Waals surface area contributed by atoms with Crippen molar-refractivity contribution in [2.24, 2.45) is 0 Å². The first-order valence-electron chi connectivity index (χ1n) is 8.54. The minimum Gasteiger partial charge on any atom is -0.457 e. The lowest BCUT2D eigenvalue weighted by Crippen LogP contribution is -2.39. The molecule has 7 heteroatoms. The zero-order chi connectivity index (χ0) is 20.0. The number of ether oxygens (including phenoxy) is 1. The topological polar surface area (TPSA) is 51.2 Å². The third-order valence-electron chi connectivity index (χ3n) is 4.00. The molecule has 2 aromatic carbocycles. The van der Waals surface area contributed by atoms with Crippen LogP contribution in [-0.2, 0) is 17.1 Å². The minimum atomic E-state index is -3.62. The molecule has 0 saturated heterocycles. The second kappa shape index (κ2) is 8.56. The van der Waals surface area contributed by atoms with Gasteiger partial charge in [0, 0.05) is 24.5 Å². The Bertz CT molecular complexity index is 915. The summed E-state index contributed by atoms with van der Waals surface area (Å²) in [5, 5.41) is 2.25. The van der Waals surface area contributed by atoms with E-state index in [4.69, 9.17) is 4.74 Å². The highest BCUT2D eigenvalue weighted by Gasteiger charge is 2.40. The highest BCUT2D eigenvalue weighted by atomic mass is 19.3. The van der Waals surface area contributed by atoms with Crippen LogP contribution < -0.4 is 10.1 Å². The van der Waals surface area contributed by atoms with Crippen molar-refractivity contribution in [2.45, 2.75) is 12.3 Å². The molecule has 0 spiro atoms. The van der Waals surface area contributed by atoms with Crippen LogP contribution in [0.3, 0.4) is 0 Å². The van der Waals surface area contributed by atoms with Crippen molar-refractivity contribution in [3.05, 3.63) is 90.0 Å². The standard InChI is InChI=1S/C21H17F3N2O2/c22-17-3-7-19(8-4-17)28-18-5-1-15(2-6-18)9-14-26-20(27)21(23,24)16-10-12-25-13-11-16/h1-8,10-13H,9,14H2,(H,26,27). The van der Waals surface area contributed by atoms with E-state index >= 15 is 0 Å². The molecule has 0 unspecified atom stereocenters. The SMILES string of the molecule is O=C(NCCc1ccc(Oc2ccc(F)cc2)cc1)C(F)(F)c1ccncc1. The molecule has 4 nitrogen and oxygen atoms in total. The van der Waals surface area contributed by atoms with Crippen LogP contribution in [0.1, 0.15) is 11.1 Å². The van der Waals surface area contributed by atoms with Crippen molar-refractivity contribution in [2.75, 3.05) is 6.54 Å². The molecule has 0 radical (unpaired) electrons. The van der Waals surface area contributed by atoms with Crippen LogP contribution in [0.15, 0.2) is 73.1 Å². The second-order valence-corrected chi connectivity index (χ2v) is 6.02. The van der Waals surface area contributed by atoms with Crippen molar-refractivity contribution in [3.8, 4) is 11.5 Å². The average Bonchev–Trinajstić information content (AvgIpc) is 2.71. The van der Waals surface area contributed by atoms with Crippen LogP contribution in [0.2, 0.25) is 0 Å². The first kappa shape index (κ1) is 19.4. The Kier molecular flexibility index (Phi) is 5.93. The number of pyridine rings is 1. The molecule has 144 valence electrons. The first-order chi connectivity index (χ1) is 13.4. The fraction of sp³-hybridized carbons (Fsp3) is 0.143. The normalized spacial score (nSPS) is 11.1. The molecule has 1 N–H and O–H groups in total. The molecule has 0 aliphatic rings. The number of rotatable bonds is 7. The molecule has 0 saturated carbocycles. The number of carbonyl (C=O) groups excluding carboxylic acids is 1. The lowest BCUT2D eigenvalue weighted by atomic mass is 10.1. The fourth-order valence-corrected chi connectivity index (χ4v) is 2.49. The van der Waals surface area contributed by atoms with Gasteiger partial charge in [0.15, 0.2) is 0 Å². The lowest BCUT2D eigenvalue weighted by Gasteiger charge is -2.16. The van der Waals surface area contributed by atoms with E-state index in [0.29, 0.717) is 17.9 Å². The van der Waals surface area contributed by atoms with Gasteiger partial charge in [0.2, 0.25) is 0 Å². The maximum atomic E-state index is 14.1. The predicted molar refractivity (Wildman–Crippen MR) is 97.8 cm³/mol. The van der Waals surface area contributed by atoms with E-state index < -0.39 is 17.4 Å². The molecule has 0 atom stereocenters. The Morgan fingerprint density at radius 3 is 2.11 bits per heavy atom. The van der Waals surface area contributed by atoms with Gasteiger partial charge in [-0.3, -0.25) is 9.78 Å². The summed E-state index contributed by atoms with van der Waals surface area (Å²) in [5.74, 6) is -4.26. The van der Waals surface area contributed by atoms with Crippen LogP contribution >= 0.6 is 0 Å². The zero-order valence-corrected chi connectivity index (χ0v) is 14.7. The number of amides is 1. The molecular weight excluding hydrogens is 369 g/mol. The summed E-state index contributed by atoms with van der Waals surface area (Å²) in [6.07, 6.45) is 2.81. The smallest absolute Gasteiger partial charge is 0.349 e. The van der Waals surface area contributed by atoms with Gasteiger partial charge in [-0.05, 0) is 60.5 Å². The van der Waals surface area contributed by atoms with Crippen LogP contribution in [0.25, 0.3) is 0 Å². The van der Waals surface area contributed by atoms with Gasteiger partial charge >= 0.3 is 5.92 Å². The van der Waals surface area contributed by atoms with Gasteiger partial charge in [-0.1, -0.05) is 12.1 Å². The molecule has 0 aliphatic heterocycles. The van der Waals surface area contributed by atoms with Gasteiger partial charge in [-0.15, -0.1) is 0 Å². The number of halogens is 3. The largest absolute Gasteiger partial charge is 0.457 e. The summed E-state index contributed by atoms with van der Waals surface area (Å²) in [7, 11) is 0. The Labute approximate surface area is 160 Å². The van der Waals surface area contributed by atoms with E-state index in [1.807, 2.05) is 0 Å². The van der Waals surface area contributed by atoms with E-state index in [1.165, 1.54) is 36.7 Å². The quantitative estimate of drug-likeness (QED) is 0.652. The van der Waals surface area contributed by atoms with E-state index in [9.17, 15) is 18.0 Å². The van der Waals surface area contributed by atoms with Crippen molar-refractivity contribution in [3.63, 3.8) is 0 Å². The van der Waals surface area contributed by atoms with Crippen LogP contribution in [0.5, 0.6) is 11.5 Å². The monoisotopic (exact) mass is 386 g/mol. The van der Waals surface area contributed by atoms with Crippen molar-refractivity contribution in [1.29, 1.82) is 0 Å². The van der Waals surface area contributed by atoms with Crippen molar-refractivity contribution < 1.29 is 22.7 Å². The van der Waals surface area contributed by atoms with Gasteiger partial charge in [0.1, 0.15) is 17.3 Å². The highest BCUT2D eigenvalue weighted by molar-refractivity contribution is 5.84. The molecule has 3 rings (SSSR count). The number of hydrogen-bond acceptors (Lipinski definition) is 3. The molecular formula is C21H17F3N2O2. The molecule has 28 heavy (non-hydrogen) atoms. The lowest BCUT2D eigenvalue weighted by molar-refractivity contribution is -0.146. The number of nitrogens with zero attached hydrogens (tertiary/aromatic N) is 1. The maximum absolute atomic E-state index is 14.1. The average molecular weight is 386 g/mol. The van der Waals surface area contributed by atoms with E-state index in [-0.39, 0.29) is 12.4 Å². The van der Waals surface area contributed by atoms with Gasteiger partial charge in [0.25, 0.3) is 5.91 Å². The Hall–Kier alpha value is -3.35. The van der Waals surface area contributed by atoms with Gasteiger partial charge in [0.05, 0.1) is 0 Å². The molecule has 0 aliphatic carbocycles. The van der Waals surface area contributed by atoms with E-state index in [0.717, 1.165) is 17.7 Å². The number of carbonyl (C=O) groups is 1. The fourth-order valence-electron chi connectivity index (χ4n) is 2.49. The minimum absolute atomic E-state index is 0.0671. The van der Waals surface area contributed by atoms with Crippen molar-refractivity contribution in [1.82, 2.24) is 10.3 Å². The predicted octanol–water partition coefficient (Wildman–Crippen LogP) is 4.46. The van der Waals surface area contributed by atoms with Crippen LogP contribution in [-0.4, -0.2) is 17.4 Å². The Morgan fingerprint density at radius 1 is 0.929 bits per heavy atom. The molecule has 0 fully saturated rings. The summed E-state index contributed by atoms with van der Waals surface area (Å²) < 4.78 is 46.6. The van der Waals surface area contributed by atoms with Crippen molar-refractivity contribution >= 4 is 5.91 Å². The van der Waals surface area contributed by atoms with Gasteiger partial charge < -0.3 is 10.1 Å². The third kappa shape index (κ3) is 4.88. The molecule has 0 bridgehead atoms. The maximum Gasteiger partial charge on any atom is 0.349 e. The summed E-state index contributed by atoms with van der Waals surface area (Å²) in [6.45, 7) is 0.0671. The molecule has 1 amide bonds. The third-order valence-corrected chi connectivity index (χ3v) is 4.00. The number of hydrogen-bond donors (Lipinski definition) is 1. The molecule has 1 aromatic heterocycles. The summed E-state index contributed by atoms with van der Waals surface area (Å²) in [6, 6.07) is 14.8. The Morgan fingerprint density at radius 2 is 1.50 bits per heavy atom. The summed E-state index contributed by atoms with van der Waals surface area (Å²) >= 11 is 0. The molecule has 1 heterocycles. The summed E-state index contributed by atoms with van der Waals surface area (Å²) in [4.78, 5) is 15.5. The van der Waals surface area contributed by atoms with Gasteiger partial charge in [-0.25, -0.2) is 4.39 Å². The van der Waals surface area contributed by atoms with Gasteiger partial charge in [-0.2, -0.15) is 8.78 Å². The van der Waals surface area contributed by atoms with E-state index in [1.54, 1.807) is 24.3 Å². The number of benzene rings is 2. The summed E-state index contributed by atoms with van der Waals surface area (Å²) in [5.41, 5.74) is 0.446. The van der Waals surface area contributed by atoms with Crippen LogP contribution in [0.4, 0.5) is 13.2 Å². The highest BCUT2D eigenvalue weighted by Crippen LogP contribution is 2.27.